The van der Waals surface area contributed by atoms with Gasteiger partial charge >= 0.3 is 0 Å². The molecule has 5 heteroatoms. The van der Waals surface area contributed by atoms with Crippen LogP contribution in [0.2, 0.25) is 5.02 Å². The number of carbonyl (C=O) groups excluding carboxylic acids is 1. The lowest BCUT2D eigenvalue weighted by Crippen LogP contribution is -2.14. The van der Waals surface area contributed by atoms with Gasteiger partial charge in [-0.15, -0.1) is 0 Å². The quantitative estimate of drug-likeness (QED) is 0.873. The van der Waals surface area contributed by atoms with Crippen molar-refractivity contribution in [2.45, 2.75) is 6.92 Å². The molecule has 0 atom stereocenters. The van der Waals surface area contributed by atoms with Gasteiger partial charge in [0.25, 0.3) is 5.91 Å². The zero-order valence-corrected chi connectivity index (χ0v) is 10.5. The van der Waals surface area contributed by atoms with E-state index in [1.165, 1.54) is 12.4 Å². The number of amides is 1. The lowest BCUT2D eigenvalue weighted by Gasteiger charge is -2.09. The highest BCUT2D eigenvalue weighted by molar-refractivity contribution is 6.34. The summed E-state index contributed by atoms with van der Waals surface area (Å²) in [6, 6.07) is 6.98. The number of pyridine rings is 1. The minimum Gasteiger partial charge on any atom is -0.397 e. The van der Waals surface area contributed by atoms with Gasteiger partial charge in [-0.05, 0) is 30.7 Å². The van der Waals surface area contributed by atoms with Crippen LogP contribution in [0.5, 0.6) is 0 Å². The molecule has 18 heavy (non-hydrogen) atoms. The molecule has 0 aliphatic heterocycles. The summed E-state index contributed by atoms with van der Waals surface area (Å²) in [4.78, 5) is 15.8. The summed E-state index contributed by atoms with van der Waals surface area (Å²) in [6.07, 6.45) is 2.95. The van der Waals surface area contributed by atoms with Gasteiger partial charge < -0.3 is 11.1 Å². The van der Waals surface area contributed by atoms with E-state index in [9.17, 15) is 4.79 Å². The molecule has 2 rings (SSSR count). The van der Waals surface area contributed by atoms with Crippen LogP contribution < -0.4 is 11.1 Å². The Kier molecular flexibility index (Phi) is 3.48. The molecule has 0 bridgehead atoms. The Labute approximate surface area is 110 Å². The predicted octanol–water partition coefficient (Wildman–Crippen LogP) is 2.88. The Morgan fingerprint density at radius 3 is 2.83 bits per heavy atom. The number of hydrogen-bond donors (Lipinski definition) is 2. The van der Waals surface area contributed by atoms with E-state index >= 15 is 0 Å². The van der Waals surface area contributed by atoms with E-state index in [1.54, 1.807) is 18.2 Å². The summed E-state index contributed by atoms with van der Waals surface area (Å²) in [5.74, 6) is -0.305. The standard InChI is InChI=1S/C13H12ClN3O/c1-8-2-3-12(10(14)6-8)17-13(18)9-4-5-16-7-11(9)15/h2-7H,15H2,1H3,(H,17,18). The maximum atomic E-state index is 12.0. The van der Waals surface area contributed by atoms with Crippen molar-refractivity contribution in [1.29, 1.82) is 0 Å². The molecule has 1 aromatic heterocycles. The average molecular weight is 262 g/mol. The molecule has 0 saturated heterocycles. The van der Waals surface area contributed by atoms with Gasteiger partial charge in [-0.3, -0.25) is 9.78 Å². The van der Waals surface area contributed by atoms with E-state index in [0.717, 1.165) is 5.56 Å². The van der Waals surface area contributed by atoms with Gasteiger partial charge in [0.1, 0.15) is 0 Å². The molecule has 2 aromatic rings. The van der Waals surface area contributed by atoms with Crippen molar-refractivity contribution in [1.82, 2.24) is 4.98 Å². The number of carbonyl (C=O) groups is 1. The third-order valence-electron chi connectivity index (χ3n) is 2.47. The number of nitrogen functional groups attached to an aromatic ring is 1. The third-order valence-corrected chi connectivity index (χ3v) is 2.78. The summed E-state index contributed by atoms with van der Waals surface area (Å²) in [6.45, 7) is 1.93. The van der Waals surface area contributed by atoms with Crippen LogP contribution in [-0.4, -0.2) is 10.9 Å². The van der Waals surface area contributed by atoms with Crippen LogP contribution in [0.1, 0.15) is 15.9 Å². The van der Waals surface area contributed by atoms with E-state index < -0.39 is 0 Å². The maximum Gasteiger partial charge on any atom is 0.257 e. The van der Waals surface area contributed by atoms with Gasteiger partial charge in [-0.25, -0.2) is 0 Å². The molecule has 1 amide bonds. The average Bonchev–Trinajstić information content (AvgIpc) is 2.33. The van der Waals surface area contributed by atoms with Gasteiger partial charge in [0.2, 0.25) is 0 Å². The number of nitrogens with two attached hydrogens (primary N) is 1. The summed E-state index contributed by atoms with van der Waals surface area (Å²) in [5, 5.41) is 3.21. The Morgan fingerprint density at radius 1 is 1.39 bits per heavy atom. The molecule has 1 aromatic carbocycles. The molecule has 0 unspecified atom stereocenters. The van der Waals surface area contributed by atoms with Gasteiger partial charge in [0.15, 0.2) is 0 Å². The topological polar surface area (TPSA) is 68.0 Å². The van der Waals surface area contributed by atoms with Crippen molar-refractivity contribution in [2.24, 2.45) is 0 Å². The summed E-state index contributed by atoms with van der Waals surface area (Å²) in [5.41, 5.74) is 7.98. The first kappa shape index (κ1) is 12.4. The molecule has 4 nitrogen and oxygen atoms in total. The van der Waals surface area contributed by atoms with Crippen LogP contribution in [0.15, 0.2) is 36.7 Å². The molecule has 0 spiro atoms. The fourth-order valence-corrected chi connectivity index (χ4v) is 1.81. The van der Waals surface area contributed by atoms with E-state index in [1.807, 2.05) is 13.0 Å². The molecule has 3 N–H and O–H groups in total. The predicted molar refractivity (Wildman–Crippen MR) is 72.8 cm³/mol. The maximum absolute atomic E-state index is 12.0. The van der Waals surface area contributed by atoms with Crippen molar-refractivity contribution in [3.63, 3.8) is 0 Å². The van der Waals surface area contributed by atoms with E-state index in [-0.39, 0.29) is 5.91 Å². The van der Waals surface area contributed by atoms with E-state index in [4.69, 9.17) is 17.3 Å². The van der Waals surface area contributed by atoms with Gasteiger partial charge in [0, 0.05) is 6.20 Å². The second kappa shape index (κ2) is 5.06. The summed E-state index contributed by atoms with van der Waals surface area (Å²) in [7, 11) is 0. The molecular weight excluding hydrogens is 250 g/mol. The molecule has 0 radical (unpaired) electrons. The van der Waals surface area contributed by atoms with Crippen LogP contribution in [0.4, 0.5) is 11.4 Å². The minimum atomic E-state index is -0.305. The van der Waals surface area contributed by atoms with Gasteiger partial charge in [0.05, 0.1) is 28.2 Å². The first-order valence-electron chi connectivity index (χ1n) is 5.35. The number of nitrogens with one attached hydrogen (secondary N) is 1. The van der Waals surface area contributed by atoms with Crippen LogP contribution >= 0.6 is 11.6 Å². The molecular formula is C13H12ClN3O. The van der Waals surface area contributed by atoms with Gasteiger partial charge in [-0.2, -0.15) is 0 Å². The van der Waals surface area contributed by atoms with Crippen molar-refractivity contribution in [3.8, 4) is 0 Å². The molecule has 0 saturated carbocycles. The summed E-state index contributed by atoms with van der Waals surface area (Å²) >= 11 is 6.04. The number of nitrogens with zero attached hydrogens (tertiary/aromatic N) is 1. The number of benzene rings is 1. The minimum absolute atomic E-state index is 0.305. The molecule has 0 aliphatic carbocycles. The van der Waals surface area contributed by atoms with Crippen molar-refractivity contribution in [3.05, 3.63) is 52.8 Å². The second-order valence-electron chi connectivity index (χ2n) is 3.90. The lowest BCUT2D eigenvalue weighted by atomic mass is 10.2. The number of rotatable bonds is 2. The van der Waals surface area contributed by atoms with Crippen molar-refractivity contribution in [2.75, 3.05) is 11.1 Å². The van der Waals surface area contributed by atoms with Crippen molar-refractivity contribution < 1.29 is 4.79 Å². The Bertz CT molecular complexity index is 599. The molecule has 0 aliphatic rings. The summed E-state index contributed by atoms with van der Waals surface area (Å²) < 4.78 is 0. The fraction of sp³-hybridized carbons (Fsp3) is 0.0769. The molecule has 92 valence electrons. The highest BCUT2D eigenvalue weighted by Gasteiger charge is 2.11. The van der Waals surface area contributed by atoms with E-state index in [2.05, 4.69) is 10.3 Å². The monoisotopic (exact) mass is 261 g/mol. The fourth-order valence-electron chi connectivity index (χ4n) is 1.52. The largest absolute Gasteiger partial charge is 0.397 e. The Morgan fingerprint density at radius 2 is 2.17 bits per heavy atom. The van der Waals surface area contributed by atoms with Crippen LogP contribution in [0, 0.1) is 6.92 Å². The zero-order chi connectivity index (χ0) is 13.1. The lowest BCUT2D eigenvalue weighted by molar-refractivity contribution is 0.102. The number of aromatic nitrogens is 1. The van der Waals surface area contributed by atoms with E-state index in [0.29, 0.717) is 22.0 Å². The third kappa shape index (κ3) is 2.60. The first-order chi connectivity index (χ1) is 8.58. The second-order valence-corrected chi connectivity index (χ2v) is 4.31. The number of anilines is 2. The Balaban J connectivity index is 2.24. The van der Waals surface area contributed by atoms with Crippen molar-refractivity contribution >= 4 is 28.9 Å². The highest BCUT2D eigenvalue weighted by Crippen LogP contribution is 2.23. The number of halogens is 1. The Hall–Kier alpha value is -2.07. The number of hydrogen-bond acceptors (Lipinski definition) is 3. The van der Waals surface area contributed by atoms with Crippen LogP contribution in [0.3, 0.4) is 0 Å². The smallest absolute Gasteiger partial charge is 0.257 e. The molecule has 1 heterocycles. The van der Waals surface area contributed by atoms with Crippen LogP contribution in [0.25, 0.3) is 0 Å². The molecule has 0 fully saturated rings. The SMILES string of the molecule is Cc1ccc(NC(=O)c2ccncc2N)c(Cl)c1. The zero-order valence-electron chi connectivity index (χ0n) is 9.77. The van der Waals surface area contributed by atoms with Gasteiger partial charge in [-0.1, -0.05) is 17.7 Å². The van der Waals surface area contributed by atoms with Crippen LogP contribution in [-0.2, 0) is 0 Å². The normalized spacial score (nSPS) is 10.1. The highest BCUT2D eigenvalue weighted by atomic mass is 35.5. The number of aryl methyl sites for hydroxylation is 1. The first-order valence-corrected chi connectivity index (χ1v) is 5.72.